The van der Waals surface area contributed by atoms with Gasteiger partial charge in [-0.15, -0.1) is 0 Å². The normalized spacial score (nSPS) is 22.4. The SMILES string of the molecule is O=P(O[C@@H]1CCCC[C@H]1O)(c1ccccc1)c1ccccc1. The van der Waals surface area contributed by atoms with Crippen LogP contribution in [-0.4, -0.2) is 17.3 Å². The van der Waals surface area contributed by atoms with Crippen LogP contribution in [0.1, 0.15) is 25.7 Å². The third-order valence-electron chi connectivity index (χ3n) is 4.14. The van der Waals surface area contributed by atoms with E-state index in [2.05, 4.69) is 0 Å². The first-order valence-corrected chi connectivity index (χ1v) is 9.40. The minimum atomic E-state index is -3.19. The minimum Gasteiger partial charge on any atom is -0.390 e. The molecule has 0 heterocycles. The molecule has 3 nitrogen and oxygen atoms in total. The summed E-state index contributed by atoms with van der Waals surface area (Å²) < 4.78 is 19.8. The van der Waals surface area contributed by atoms with Crippen molar-refractivity contribution in [3.63, 3.8) is 0 Å². The Balaban J connectivity index is 1.98. The molecule has 1 saturated carbocycles. The van der Waals surface area contributed by atoms with E-state index in [-0.39, 0.29) is 6.10 Å². The monoisotopic (exact) mass is 316 g/mol. The molecule has 2 aromatic rings. The Kier molecular flexibility index (Phi) is 4.77. The summed E-state index contributed by atoms with van der Waals surface area (Å²) in [4.78, 5) is 0. The predicted molar refractivity (Wildman–Crippen MR) is 89.1 cm³/mol. The molecular formula is C18H21O3P. The van der Waals surface area contributed by atoms with Crippen molar-refractivity contribution < 1.29 is 14.2 Å². The highest BCUT2D eigenvalue weighted by atomic mass is 31.2. The van der Waals surface area contributed by atoms with Crippen LogP contribution in [0, 0.1) is 0 Å². The third kappa shape index (κ3) is 3.17. The number of aliphatic hydroxyl groups excluding tert-OH is 1. The summed E-state index contributed by atoms with van der Waals surface area (Å²) in [7, 11) is -3.19. The topological polar surface area (TPSA) is 46.5 Å². The Hall–Kier alpha value is -1.41. The maximum atomic E-state index is 13.7. The first kappa shape index (κ1) is 15.5. The van der Waals surface area contributed by atoms with Crippen molar-refractivity contribution >= 4 is 18.0 Å². The molecule has 0 aromatic heterocycles. The average Bonchev–Trinajstić information content (AvgIpc) is 2.58. The van der Waals surface area contributed by atoms with Gasteiger partial charge in [0.1, 0.15) is 0 Å². The van der Waals surface area contributed by atoms with Crippen molar-refractivity contribution in [2.45, 2.75) is 37.9 Å². The summed E-state index contributed by atoms with van der Waals surface area (Å²) in [5, 5.41) is 11.5. The van der Waals surface area contributed by atoms with Crippen LogP contribution in [-0.2, 0) is 9.09 Å². The lowest BCUT2D eigenvalue weighted by Gasteiger charge is -2.31. The van der Waals surface area contributed by atoms with Gasteiger partial charge >= 0.3 is 0 Å². The Bertz CT molecular complexity index is 598. The van der Waals surface area contributed by atoms with E-state index in [1.165, 1.54) is 0 Å². The molecule has 0 aliphatic heterocycles. The van der Waals surface area contributed by atoms with Gasteiger partial charge < -0.3 is 9.63 Å². The van der Waals surface area contributed by atoms with Crippen molar-refractivity contribution in [1.82, 2.24) is 0 Å². The molecule has 0 unspecified atom stereocenters. The highest BCUT2D eigenvalue weighted by Crippen LogP contribution is 2.47. The van der Waals surface area contributed by atoms with Crippen molar-refractivity contribution in [3.8, 4) is 0 Å². The second-order valence-corrected chi connectivity index (χ2v) is 8.06. The van der Waals surface area contributed by atoms with Gasteiger partial charge in [0.2, 0.25) is 0 Å². The molecule has 4 heteroatoms. The van der Waals surface area contributed by atoms with Gasteiger partial charge in [0.15, 0.2) is 0 Å². The second-order valence-electron chi connectivity index (χ2n) is 5.72. The highest BCUT2D eigenvalue weighted by molar-refractivity contribution is 7.74. The van der Waals surface area contributed by atoms with Crippen molar-refractivity contribution in [3.05, 3.63) is 60.7 Å². The van der Waals surface area contributed by atoms with Crippen molar-refractivity contribution in [2.24, 2.45) is 0 Å². The largest absolute Gasteiger partial charge is 0.390 e. The van der Waals surface area contributed by atoms with Crippen LogP contribution < -0.4 is 10.6 Å². The molecule has 3 rings (SSSR count). The van der Waals surface area contributed by atoms with Crippen LogP contribution >= 0.6 is 7.37 Å². The van der Waals surface area contributed by atoms with Crippen LogP contribution in [0.5, 0.6) is 0 Å². The first-order valence-electron chi connectivity index (χ1n) is 7.78. The standard InChI is InChI=1S/C18H21O3P/c19-17-13-7-8-14-18(17)21-22(20,15-9-3-1-4-10-15)16-11-5-2-6-12-16/h1-6,9-12,17-19H,7-8,13-14H2/t17-,18-/m1/s1. The van der Waals surface area contributed by atoms with E-state index < -0.39 is 13.5 Å². The van der Waals surface area contributed by atoms with Gasteiger partial charge in [-0.3, -0.25) is 4.57 Å². The minimum absolute atomic E-state index is 0.361. The maximum Gasteiger partial charge on any atom is 0.261 e. The van der Waals surface area contributed by atoms with E-state index in [4.69, 9.17) is 4.52 Å². The summed E-state index contributed by atoms with van der Waals surface area (Å²) >= 11 is 0. The summed E-state index contributed by atoms with van der Waals surface area (Å²) in [6, 6.07) is 18.6. The van der Waals surface area contributed by atoms with Crippen LogP contribution in [0.15, 0.2) is 60.7 Å². The van der Waals surface area contributed by atoms with Crippen LogP contribution in [0.2, 0.25) is 0 Å². The summed E-state index contributed by atoms with van der Waals surface area (Å²) in [6.07, 6.45) is 2.58. The van der Waals surface area contributed by atoms with Gasteiger partial charge in [0.25, 0.3) is 7.37 Å². The first-order chi connectivity index (χ1) is 10.7. The lowest BCUT2D eigenvalue weighted by atomic mass is 9.95. The Morgan fingerprint density at radius 1 is 0.864 bits per heavy atom. The van der Waals surface area contributed by atoms with Crippen LogP contribution in [0.25, 0.3) is 0 Å². The lowest BCUT2D eigenvalue weighted by molar-refractivity contribution is 0.0105. The van der Waals surface area contributed by atoms with E-state index in [0.717, 1.165) is 19.3 Å². The molecule has 0 radical (unpaired) electrons. The number of rotatable bonds is 4. The fourth-order valence-corrected chi connectivity index (χ4v) is 5.21. The molecule has 116 valence electrons. The smallest absolute Gasteiger partial charge is 0.261 e. The lowest BCUT2D eigenvalue weighted by Crippen LogP contribution is -2.34. The number of hydrogen-bond acceptors (Lipinski definition) is 3. The van der Waals surface area contributed by atoms with Gasteiger partial charge in [-0.05, 0) is 37.1 Å². The molecule has 1 aliphatic carbocycles. The number of hydrogen-bond donors (Lipinski definition) is 1. The van der Waals surface area contributed by atoms with Gasteiger partial charge in [-0.1, -0.05) is 49.2 Å². The van der Waals surface area contributed by atoms with Gasteiger partial charge in [0, 0.05) is 10.6 Å². The molecular weight excluding hydrogens is 295 g/mol. The van der Waals surface area contributed by atoms with Gasteiger partial charge in [-0.25, -0.2) is 0 Å². The Labute approximate surface area is 131 Å². The van der Waals surface area contributed by atoms with Crippen LogP contribution in [0.3, 0.4) is 0 Å². The molecule has 1 N–H and O–H groups in total. The molecule has 0 saturated heterocycles. The van der Waals surface area contributed by atoms with E-state index in [0.29, 0.717) is 17.0 Å². The quantitative estimate of drug-likeness (QED) is 0.881. The maximum absolute atomic E-state index is 13.7. The van der Waals surface area contributed by atoms with E-state index in [9.17, 15) is 9.67 Å². The molecule has 0 spiro atoms. The molecule has 0 bridgehead atoms. The molecule has 1 fully saturated rings. The summed E-state index contributed by atoms with van der Waals surface area (Å²) in [6.45, 7) is 0. The predicted octanol–water partition coefficient (Wildman–Crippen LogP) is 3.24. The Morgan fingerprint density at radius 2 is 1.36 bits per heavy atom. The summed E-state index contributed by atoms with van der Waals surface area (Å²) in [5.74, 6) is 0. The highest BCUT2D eigenvalue weighted by Gasteiger charge is 2.35. The van der Waals surface area contributed by atoms with Crippen molar-refractivity contribution in [2.75, 3.05) is 0 Å². The zero-order chi connectivity index (χ0) is 15.4. The van der Waals surface area contributed by atoms with Gasteiger partial charge in [-0.2, -0.15) is 0 Å². The Morgan fingerprint density at radius 3 is 1.86 bits per heavy atom. The molecule has 22 heavy (non-hydrogen) atoms. The molecule has 0 amide bonds. The van der Waals surface area contributed by atoms with E-state index in [1.54, 1.807) is 0 Å². The van der Waals surface area contributed by atoms with E-state index >= 15 is 0 Å². The molecule has 2 atom stereocenters. The number of aliphatic hydroxyl groups is 1. The zero-order valence-electron chi connectivity index (χ0n) is 12.5. The molecule has 2 aromatic carbocycles. The van der Waals surface area contributed by atoms with Crippen LogP contribution in [0.4, 0.5) is 0 Å². The van der Waals surface area contributed by atoms with E-state index in [1.807, 2.05) is 60.7 Å². The zero-order valence-corrected chi connectivity index (χ0v) is 13.4. The fraction of sp³-hybridized carbons (Fsp3) is 0.333. The van der Waals surface area contributed by atoms with Gasteiger partial charge in [0.05, 0.1) is 12.2 Å². The fourth-order valence-electron chi connectivity index (χ4n) is 2.91. The summed E-state index contributed by atoms with van der Waals surface area (Å²) in [5.41, 5.74) is 0. The van der Waals surface area contributed by atoms with Crippen molar-refractivity contribution in [1.29, 1.82) is 0 Å². The average molecular weight is 316 g/mol. The number of benzene rings is 2. The third-order valence-corrected chi connectivity index (χ3v) is 6.67. The molecule has 1 aliphatic rings. The second kappa shape index (κ2) is 6.78.